The van der Waals surface area contributed by atoms with E-state index in [1.807, 2.05) is 30.3 Å². The lowest BCUT2D eigenvalue weighted by molar-refractivity contribution is 0.102. The van der Waals surface area contributed by atoms with Crippen LogP contribution in [0, 0.1) is 0 Å². The van der Waals surface area contributed by atoms with Gasteiger partial charge >= 0.3 is 0 Å². The second-order valence-corrected chi connectivity index (χ2v) is 6.39. The van der Waals surface area contributed by atoms with Crippen molar-refractivity contribution in [3.8, 4) is 0 Å². The quantitative estimate of drug-likeness (QED) is 0.693. The summed E-state index contributed by atoms with van der Waals surface area (Å²) >= 11 is 5.71. The van der Waals surface area contributed by atoms with Crippen molar-refractivity contribution in [3.63, 3.8) is 0 Å². The average molecular weight is 366 g/mol. The van der Waals surface area contributed by atoms with Gasteiger partial charge in [-0.1, -0.05) is 6.07 Å². The van der Waals surface area contributed by atoms with Gasteiger partial charge in [-0.3, -0.25) is 4.79 Å². The standard InChI is InChI=1S/C19H16ClN5O/c20-19-23-10-13(11-24-19)8-12-4-6-22-17(9-12)25-18(26)15-2-1-3-16-14(15)5-7-21-16/h1-4,6,9-11,21H,5,7-8H2,(H,22,25,26). The number of pyridine rings is 1. The number of anilines is 2. The molecule has 0 saturated carbocycles. The molecule has 0 bridgehead atoms. The summed E-state index contributed by atoms with van der Waals surface area (Å²) in [5.74, 6) is 0.371. The molecule has 26 heavy (non-hydrogen) atoms. The number of carbonyl (C=O) groups is 1. The summed E-state index contributed by atoms with van der Waals surface area (Å²) < 4.78 is 0. The van der Waals surface area contributed by atoms with E-state index in [2.05, 4.69) is 25.6 Å². The third-order valence-corrected chi connectivity index (χ3v) is 4.45. The summed E-state index contributed by atoms with van der Waals surface area (Å²) in [4.78, 5) is 24.9. The highest BCUT2D eigenvalue weighted by atomic mass is 35.5. The Labute approximate surface area is 155 Å². The van der Waals surface area contributed by atoms with Gasteiger partial charge in [-0.15, -0.1) is 0 Å². The largest absolute Gasteiger partial charge is 0.384 e. The second-order valence-electron chi connectivity index (χ2n) is 6.05. The number of nitrogens with zero attached hydrogens (tertiary/aromatic N) is 3. The molecule has 6 nitrogen and oxygen atoms in total. The molecule has 2 N–H and O–H groups in total. The van der Waals surface area contributed by atoms with Crippen LogP contribution in [-0.2, 0) is 12.8 Å². The van der Waals surface area contributed by atoms with Crippen LogP contribution in [0.15, 0.2) is 48.9 Å². The zero-order valence-corrected chi connectivity index (χ0v) is 14.6. The Morgan fingerprint density at radius 3 is 2.85 bits per heavy atom. The number of benzene rings is 1. The Balaban J connectivity index is 1.51. The molecule has 1 aliphatic rings. The molecule has 4 rings (SSSR count). The summed E-state index contributed by atoms with van der Waals surface area (Å²) in [6.07, 6.45) is 6.54. The molecule has 0 aliphatic carbocycles. The summed E-state index contributed by atoms with van der Waals surface area (Å²) in [5.41, 5.74) is 4.71. The number of carbonyl (C=O) groups excluding carboxylic acids is 1. The van der Waals surface area contributed by atoms with Gasteiger partial charge in [-0.2, -0.15) is 0 Å². The normalized spacial score (nSPS) is 12.3. The molecule has 0 spiro atoms. The van der Waals surface area contributed by atoms with E-state index in [0.717, 1.165) is 35.3 Å². The van der Waals surface area contributed by atoms with Gasteiger partial charge in [-0.05, 0) is 59.0 Å². The van der Waals surface area contributed by atoms with Crippen molar-refractivity contribution in [2.45, 2.75) is 12.8 Å². The molecular weight excluding hydrogens is 350 g/mol. The summed E-state index contributed by atoms with van der Waals surface area (Å²) in [6, 6.07) is 9.47. The Morgan fingerprint density at radius 1 is 1.15 bits per heavy atom. The van der Waals surface area contributed by atoms with Crippen molar-refractivity contribution in [3.05, 3.63) is 76.5 Å². The van der Waals surface area contributed by atoms with Crippen molar-refractivity contribution in [2.75, 3.05) is 17.2 Å². The maximum absolute atomic E-state index is 12.7. The molecule has 0 saturated heterocycles. The molecule has 0 fully saturated rings. The topological polar surface area (TPSA) is 79.8 Å². The number of halogens is 1. The molecule has 2 aromatic heterocycles. The Kier molecular flexibility index (Phi) is 4.50. The zero-order chi connectivity index (χ0) is 17.9. The Morgan fingerprint density at radius 2 is 2.00 bits per heavy atom. The molecule has 130 valence electrons. The minimum atomic E-state index is -0.148. The number of hydrogen-bond acceptors (Lipinski definition) is 5. The smallest absolute Gasteiger partial charge is 0.257 e. The highest BCUT2D eigenvalue weighted by molar-refractivity contribution is 6.28. The van der Waals surface area contributed by atoms with Crippen LogP contribution in [0.3, 0.4) is 0 Å². The summed E-state index contributed by atoms with van der Waals surface area (Å²) in [7, 11) is 0. The van der Waals surface area contributed by atoms with Gasteiger partial charge in [0.1, 0.15) is 5.82 Å². The van der Waals surface area contributed by atoms with E-state index in [9.17, 15) is 4.79 Å². The second kappa shape index (κ2) is 7.09. The van der Waals surface area contributed by atoms with E-state index in [4.69, 9.17) is 11.6 Å². The molecule has 1 aromatic carbocycles. The SMILES string of the molecule is O=C(Nc1cc(Cc2cnc(Cl)nc2)ccn1)c1cccc2c1CCN2. The summed E-state index contributed by atoms with van der Waals surface area (Å²) in [5, 5.41) is 6.40. The van der Waals surface area contributed by atoms with Crippen LogP contribution < -0.4 is 10.6 Å². The minimum Gasteiger partial charge on any atom is -0.384 e. The van der Waals surface area contributed by atoms with Crippen LogP contribution in [0.4, 0.5) is 11.5 Å². The first kappa shape index (κ1) is 16.5. The lowest BCUT2D eigenvalue weighted by Crippen LogP contribution is -2.15. The van der Waals surface area contributed by atoms with Gasteiger partial charge in [0.15, 0.2) is 0 Å². The monoisotopic (exact) mass is 365 g/mol. The van der Waals surface area contributed by atoms with Crippen molar-refractivity contribution < 1.29 is 4.79 Å². The van der Waals surface area contributed by atoms with Crippen LogP contribution in [0.1, 0.15) is 27.0 Å². The lowest BCUT2D eigenvalue weighted by Gasteiger charge is -2.09. The summed E-state index contributed by atoms with van der Waals surface area (Å²) in [6.45, 7) is 0.858. The first-order valence-corrected chi connectivity index (χ1v) is 8.65. The lowest BCUT2D eigenvalue weighted by atomic mass is 10.0. The number of rotatable bonds is 4. The fourth-order valence-electron chi connectivity index (χ4n) is 3.06. The predicted molar refractivity (Wildman–Crippen MR) is 101 cm³/mol. The number of nitrogens with one attached hydrogen (secondary N) is 2. The van der Waals surface area contributed by atoms with E-state index in [0.29, 0.717) is 17.8 Å². The average Bonchev–Trinajstić information content (AvgIpc) is 3.12. The van der Waals surface area contributed by atoms with Gasteiger partial charge in [-0.25, -0.2) is 15.0 Å². The molecule has 1 aliphatic heterocycles. The van der Waals surface area contributed by atoms with Crippen molar-refractivity contribution in [1.29, 1.82) is 0 Å². The third-order valence-electron chi connectivity index (χ3n) is 4.26. The van der Waals surface area contributed by atoms with Crippen LogP contribution in [0.5, 0.6) is 0 Å². The number of aromatic nitrogens is 3. The molecular formula is C19H16ClN5O. The molecule has 7 heteroatoms. The maximum Gasteiger partial charge on any atom is 0.257 e. The highest BCUT2D eigenvalue weighted by Gasteiger charge is 2.18. The molecule has 0 radical (unpaired) electrons. The Hall–Kier alpha value is -2.99. The highest BCUT2D eigenvalue weighted by Crippen LogP contribution is 2.26. The molecule has 3 heterocycles. The van der Waals surface area contributed by atoms with E-state index in [1.165, 1.54) is 0 Å². The molecule has 0 atom stereocenters. The molecule has 3 aromatic rings. The van der Waals surface area contributed by atoms with Crippen LogP contribution in [0.25, 0.3) is 0 Å². The number of amides is 1. The maximum atomic E-state index is 12.7. The van der Waals surface area contributed by atoms with E-state index in [-0.39, 0.29) is 11.2 Å². The van der Waals surface area contributed by atoms with Gasteiger partial charge in [0.2, 0.25) is 5.28 Å². The predicted octanol–water partition coefficient (Wildman–Crippen LogP) is 3.34. The van der Waals surface area contributed by atoms with Gasteiger partial charge < -0.3 is 10.6 Å². The third kappa shape index (κ3) is 3.50. The first-order chi connectivity index (χ1) is 12.7. The number of hydrogen-bond donors (Lipinski definition) is 2. The van der Waals surface area contributed by atoms with E-state index in [1.54, 1.807) is 18.6 Å². The Bertz CT molecular complexity index is 958. The van der Waals surface area contributed by atoms with Crippen LogP contribution >= 0.6 is 11.6 Å². The van der Waals surface area contributed by atoms with Crippen LogP contribution in [0.2, 0.25) is 5.28 Å². The van der Waals surface area contributed by atoms with E-state index < -0.39 is 0 Å². The first-order valence-electron chi connectivity index (χ1n) is 8.27. The van der Waals surface area contributed by atoms with Gasteiger partial charge in [0.05, 0.1) is 0 Å². The molecule has 1 amide bonds. The molecule has 0 unspecified atom stereocenters. The van der Waals surface area contributed by atoms with Crippen LogP contribution in [-0.4, -0.2) is 27.4 Å². The van der Waals surface area contributed by atoms with E-state index >= 15 is 0 Å². The van der Waals surface area contributed by atoms with Crippen molar-refractivity contribution >= 4 is 29.0 Å². The van der Waals surface area contributed by atoms with Crippen molar-refractivity contribution in [1.82, 2.24) is 15.0 Å². The fraction of sp³-hybridized carbons (Fsp3) is 0.158. The van der Waals surface area contributed by atoms with Crippen molar-refractivity contribution in [2.24, 2.45) is 0 Å². The van der Waals surface area contributed by atoms with Gasteiger partial charge in [0.25, 0.3) is 5.91 Å². The minimum absolute atomic E-state index is 0.148. The fourth-order valence-corrected chi connectivity index (χ4v) is 3.16. The van der Waals surface area contributed by atoms with Gasteiger partial charge in [0, 0.05) is 42.8 Å². The zero-order valence-electron chi connectivity index (χ0n) is 13.9. The number of fused-ring (bicyclic) bond motifs is 1.